The van der Waals surface area contributed by atoms with E-state index in [1.807, 2.05) is 37.3 Å². The van der Waals surface area contributed by atoms with Crippen LogP contribution in [-0.4, -0.2) is 35.5 Å². The minimum absolute atomic E-state index is 0.160. The molecule has 2 aromatic carbocycles. The summed E-state index contributed by atoms with van der Waals surface area (Å²) < 4.78 is 11.6. The van der Waals surface area contributed by atoms with Crippen molar-refractivity contribution in [3.63, 3.8) is 0 Å². The quantitative estimate of drug-likeness (QED) is 0.565. The van der Waals surface area contributed by atoms with Gasteiger partial charge in [0, 0.05) is 24.5 Å². The number of nitrogens with zero attached hydrogens (tertiary/aromatic N) is 1. The first-order valence-corrected chi connectivity index (χ1v) is 12.3. The summed E-state index contributed by atoms with van der Waals surface area (Å²) in [5.74, 6) is 1.40. The molecule has 2 N–H and O–H groups in total. The summed E-state index contributed by atoms with van der Waals surface area (Å²) in [4.78, 5) is 26.2. The number of ketones is 1. The number of hydrogen-bond donors (Lipinski definition) is 2. The number of amides is 1. The van der Waals surface area contributed by atoms with Crippen LogP contribution < -0.4 is 15.4 Å². The summed E-state index contributed by atoms with van der Waals surface area (Å²) in [6, 6.07) is 15.0. The molecule has 0 unspecified atom stereocenters. The number of carbonyl (C=O) groups excluding carboxylic acids is 2. The molecular weight excluding hydrogens is 442 g/mol. The highest BCUT2D eigenvalue weighted by Crippen LogP contribution is 2.45. The molecule has 0 aliphatic carbocycles. The Labute approximate surface area is 205 Å². The Morgan fingerprint density at radius 3 is 2.49 bits per heavy atom. The summed E-state index contributed by atoms with van der Waals surface area (Å²) in [6.45, 7) is 8.06. The van der Waals surface area contributed by atoms with Gasteiger partial charge in [-0.1, -0.05) is 37.2 Å². The molecular formula is C28H31N3O4. The molecule has 2 aliphatic heterocycles. The monoisotopic (exact) mass is 473 g/mol. The fourth-order valence-corrected chi connectivity index (χ4v) is 5.44. The van der Waals surface area contributed by atoms with E-state index in [0.717, 1.165) is 37.1 Å². The average Bonchev–Trinajstić information content (AvgIpc) is 3.28. The molecule has 1 amide bonds. The van der Waals surface area contributed by atoms with Gasteiger partial charge in [0.2, 0.25) is 0 Å². The van der Waals surface area contributed by atoms with E-state index in [1.165, 1.54) is 0 Å². The summed E-state index contributed by atoms with van der Waals surface area (Å²) in [6.07, 6.45) is 1.67. The van der Waals surface area contributed by atoms with Crippen LogP contribution in [0.25, 0.3) is 11.1 Å². The second kappa shape index (κ2) is 9.30. The fraction of sp³-hybridized carbons (Fsp3) is 0.393. The van der Waals surface area contributed by atoms with Gasteiger partial charge in [0.1, 0.15) is 22.8 Å². The molecule has 0 radical (unpaired) electrons. The standard InChI is InChI=1S/C28H31N3O4/c1-17(2)25-26(32)23-15-21(8-9-24(23)34-28(25)10-12-29-13-11-28)19-4-6-20(7-5-19)27(33)30-16-22-14-18(3)35-31-22/h4-9,14-15,17,25,29H,10-13,16H2,1-3H3,(H,30,33)/t25-/m0/s1. The number of aryl methyl sites for hydroxylation is 1. The highest BCUT2D eigenvalue weighted by atomic mass is 16.5. The van der Waals surface area contributed by atoms with Crippen molar-refractivity contribution in [1.29, 1.82) is 0 Å². The predicted octanol–water partition coefficient (Wildman–Crippen LogP) is 4.55. The van der Waals surface area contributed by atoms with E-state index in [1.54, 1.807) is 18.2 Å². The number of Topliss-reactive ketones (excluding diaryl/α,β-unsaturated/α-hetero) is 1. The lowest BCUT2D eigenvalue weighted by atomic mass is 9.69. The van der Waals surface area contributed by atoms with Crippen molar-refractivity contribution >= 4 is 11.7 Å². The molecule has 1 saturated heterocycles. The molecule has 5 rings (SSSR count). The van der Waals surface area contributed by atoms with Crippen LogP contribution in [0.3, 0.4) is 0 Å². The van der Waals surface area contributed by atoms with E-state index in [-0.39, 0.29) is 23.5 Å². The largest absolute Gasteiger partial charge is 0.486 e. The second-order valence-corrected chi connectivity index (χ2v) is 9.90. The van der Waals surface area contributed by atoms with Gasteiger partial charge >= 0.3 is 0 Å². The Bertz CT molecular complexity index is 1240. The third kappa shape index (κ3) is 4.48. The average molecular weight is 474 g/mol. The van der Waals surface area contributed by atoms with Crippen molar-refractivity contribution in [3.8, 4) is 16.9 Å². The van der Waals surface area contributed by atoms with Crippen LogP contribution in [0.1, 0.15) is 58.9 Å². The molecule has 182 valence electrons. The van der Waals surface area contributed by atoms with Gasteiger partial charge in [-0.25, -0.2) is 0 Å². The van der Waals surface area contributed by atoms with E-state index >= 15 is 0 Å². The zero-order valence-corrected chi connectivity index (χ0v) is 20.4. The number of benzene rings is 2. The van der Waals surface area contributed by atoms with Crippen LogP contribution in [0.2, 0.25) is 0 Å². The first-order valence-electron chi connectivity index (χ1n) is 12.3. The number of piperidine rings is 1. The van der Waals surface area contributed by atoms with Crippen LogP contribution in [0, 0.1) is 18.8 Å². The minimum atomic E-state index is -0.426. The van der Waals surface area contributed by atoms with Crippen molar-refractivity contribution < 1.29 is 18.8 Å². The Hall–Kier alpha value is -3.45. The molecule has 3 aromatic rings. The SMILES string of the molecule is Cc1cc(CNC(=O)c2ccc(-c3ccc4c(c3)C(=O)[C@H](C(C)C)C3(CCNCC3)O4)cc2)no1. The number of fused-ring (bicyclic) bond motifs is 1. The van der Waals surface area contributed by atoms with Crippen molar-refractivity contribution in [2.75, 3.05) is 13.1 Å². The zero-order valence-electron chi connectivity index (χ0n) is 20.4. The normalized spacial score (nSPS) is 18.9. The van der Waals surface area contributed by atoms with E-state index < -0.39 is 5.60 Å². The molecule has 0 bridgehead atoms. The minimum Gasteiger partial charge on any atom is -0.486 e. The highest BCUT2D eigenvalue weighted by Gasteiger charge is 2.51. The highest BCUT2D eigenvalue weighted by molar-refractivity contribution is 6.03. The third-order valence-corrected chi connectivity index (χ3v) is 7.11. The van der Waals surface area contributed by atoms with Gasteiger partial charge in [0.25, 0.3) is 5.91 Å². The van der Waals surface area contributed by atoms with Gasteiger partial charge < -0.3 is 19.9 Å². The van der Waals surface area contributed by atoms with Crippen molar-refractivity contribution in [3.05, 3.63) is 71.1 Å². The van der Waals surface area contributed by atoms with Crippen LogP contribution in [0.4, 0.5) is 0 Å². The van der Waals surface area contributed by atoms with Crippen LogP contribution in [0.5, 0.6) is 5.75 Å². The Kier molecular flexibility index (Phi) is 6.19. The van der Waals surface area contributed by atoms with E-state index in [0.29, 0.717) is 34.9 Å². The molecule has 1 aromatic heterocycles. The topological polar surface area (TPSA) is 93.5 Å². The van der Waals surface area contributed by atoms with Crippen LogP contribution in [0.15, 0.2) is 53.1 Å². The lowest BCUT2D eigenvalue weighted by Gasteiger charge is -2.47. The van der Waals surface area contributed by atoms with Gasteiger partial charge in [-0.2, -0.15) is 0 Å². The van der Waals surface area contributed by atoms with Gasteiger partial charge in [-0.15, -0.1) is 0 Å². The van der Waals surface area contributed by atoms with Gasteiger partial charge in [-0.05, 0) is 61.3 Å². The maximum atomic E-state index is 13.7. The molecule has 7 nitrogen and oxygen atoms in total. The summed E-state index contributed by atoms with van der Waals surface area (Å²) in [5, 5.41) is 10.1. The lowest BCUT2D eigenvalue weighted by molar-refractivity contribution is -0.0349. The molecule has 1 fully saturated rings. The Morgan fingerprint density at radius 2 is 1.83 bits per heavy atom. The fourth-order valence-electron chi connectivity index (χ4n) is 5.44. The van der Waals surface area contributed by atoms with Gasteiger partial charge in [0.15, 0.2) is 5.78 Å². The first-order chi connectivity index (χ1) is 16.9. The predicted molar refractivity (Wildman–Crippen MR) is 132 cm³/mol. The van der Waals surface area contributed by atoms with E-state index in [4.69, 9.17) is 9.26 Å². The summed E-state index contributed by atoms with van der Waals surface area (Å²) in [5.41, 5.74) is 3.32. The Morgan fingerprint density at radius 1 is 1.11 bits per heavy atom. The smallest absolute Gasteiger partial charge is 0.251 e. The molecule has 35 heavy (non-hydrogen) atoms. The molecule has 1 spiro atoms. The first kappa shape index (κ1) is 23.3. The number of aromatic nitrogens is 1. The Balaban J connectivity index is 1.35. The number of hydrogen-bond acceptors (Lipinski definition) is 6. The molecule has 1 atom stereocenters. The maximum Gasteiger partial charge on any atom is 0.251 e. The zero-order chi connectivity index (χ0) is 24.6. The molecule has 3 heterocycles. The number of ether oxygens (including phenoxy) is 1. The molecule has 2 aliphatic rings. The van der Waals surface area contributed by atoms with Crippen molar-refractivity contribution in [1.82, 2.24) is 15.8 Å². The third-order valence-electron chi connectivity index (χ3n) is 7.11. The van der Waals surface area contributed by atoms with E-state index in [2.05, 4.69) is 29.6 Å². The lowest BCUT2D eigenvalue weighted by Crippen LogP contribution is -2.57. The van der Waals surface area contributed by atoms with Crippen molar-refractivity contribution in [2.24, 2.45) is 11.8 Å². The number of nitrogens with one attached hydrogen (secondary N) is 2. The van der Waals surface area contributed by atoms with Crippen LogP contribution >= 0.6 is 0 Å². The van der Waals surface area contributed by atoms with Crippen LogP contribution in [-0.2, 0) is 6.54 Å². The molecule has 7 heteroatoms. The van der Waals surface area contributed by atoms with E-state index in [9.17, 15) is 9.59 Å². The van der Waals surface area contributed by atoms with Gasteiger partial charge in [0.05, 0.1) is 18.0 Å². The second-order valence-electron chi connectivity index (χ2n) is 9.90. The molecule has 0 saturated carbocycles. The van der Waals surface area contributed by atoms with Crippen molar-refractivity contribution in [2.45, 2.75) is 45.8 Å². The summed E-state index contributed by atoms with van der Waals surface area (Å²) in [7, 11) is 0. The van der Waals surface area contributed by atoms with Gasteiger partial charge in [-0.3, -0.25) is 9.59 Å². The maximum absolute atomic E-state index is 13.7. The number of rotatable bonds is 5. The summed E-state index contributed by atoms with van der Waals surface area (Å²) >= 11 is 0. The number of carbonyl (C=O) groups is 2.